The molecule has 0 saturated carbocycles. The molecule has 2 aromatic rings. The van der Waals surface area contributed by atoms with Crippen molar-refractivity contribution in [3.63, 3.8) is 0 Å². The van der Waals surface area contributed by atoms with Gasteiger partial charge in [0.15, 0.2) is 11.5 Å². The molecule has 0 saturated heterocycles. The molecule has 0 aliphatic carbocycles. The van der Waals surface area contributed by atoms with E-state index >= 15 is 0 Å². The van der Waals surface area contributed by atoms with Crippen molar-refractivity contribution in [2.24, 2.45) is 0 Å². The van der Waals surface area contributed by atoms with Crippen LogP contribution in [-0.4, -0.2) is 9.81 Å². The van der Waals surface area contributed by atoms with Gasteiger partial charge in [-0.3, -0.25) is 0 Å². The number of para-hydroxylation sites is 2. The van der Waals surface area contributed by atoms with Gasteiger partial charge in [-0.25, -0.2) is 4.98 Å². The predicted octanol–water partition coefficient (Wildman–Crippen LogP) is 5.49. The fourth-order valence-corrected chi connectivity index (χ4v) is 2.87. The van der Waals surface area contributed by atoms with Crippen LogP contribution in [0.5, 0.6) is 0 Å². The number of oxazole rings is 1. The van der Waals surface area contributed by atoms with E-state index in [1.165, 1.54) is 38.5 Å². The van der Waals surface area contributed by atoms with E-state index in [2.05, 4.69) is 27.8 Å². The highest BCUT2D eigenvalue weighted by Crippen LogP contribution is 2.20. The quantitative estimate of drug-likeness (QED) is 0.474. The summed E-state index contributed by atoms with van der Waals surface area (Å²) < 4.78 is 5.74. The monoisotopic (exact) mass is 323 g/mol. The maximum Gasteiger partial charge on any atom is 0.196 e. The number of hydrogen-bond donors (Lipinski definition) is 0. The van der Waals surface area contributed by atoms with E-state index in [0.717, 1.165) is 23.4 Å². The minimum absolute atomic E-state index is 0.474. The Morgan fingerprint density at radius 2 is 1.95 bits per heavy atom. The molecule has 1 heterocycles. The van der Waals surface area contributed by atoms with Crippen LogP contribution in [0.4, 0.5) is 0 Å². The van der Waals surface area contributed by atoms with E-state index < -0.39 is 0 Å². The molecule has 2 nitrogen and oxygen atoms in total. The number of nitrogens with zero attached hydrogens (tertiary/aromatic N) is 1. The smallest absolute Gasteiger partial charge is 0.196 e. The van der Waals surface area contributed by atoms with Gasteiger partial charge >= 0.3 is 0 Å². The predicted molar refractivity (Wildman–Crippen MR) is 83.8 cm³/mol. The van der Waals surface area contributed by atoms with Crippen LogP contribution in [0.3, 0.4) is 0 Å². The SMILES string of the molecule is CCCCCCCC(Br)Cc1nc2ccccc2o1. The number of benzene rings is 1. The van der Waals surface area contributed by atoms with Crippen LogP contribution in [0.1, 0.15) is 51.3 Å². The molecule has 1 atom stereocenters. The first-order valence-corrected chi connectivity index (χ1v) is 8.19. The minimum atomic E-state index is 0.474. The van der Waals surface area contributed by atoms with Gasteiger partial charge in [0.25, 0.3) is 0 Å². The Balaban J connectivity index is 1.76. The van der Waals surface area contributed by atoms with Crippen molar-refractivity contribution in [1.29, 1.82) is 0 Å². The largest absolute Gasteiger partial charge is 0.441 e. The molecule has 0 fully saturated rings. The summed E-state index contributed by atoms with van der Waals surface area (Å²) in [6.45, 7) is 2.25. The molecule has 0 N–H and O–H groups in total. The number of rotatable bonds is 8. The fourth-order valence-electron chi connectivity index (χ4n) is 2.27. The Hall–Kier alpha value is -0.830. The van der Waals surface area contributed by atoms with Gasteiger partial charge in [-0.2, -0.15) is 0 Å². The molecule has 0 aliphatic rings. The first-order valence-electron chi connectivity index (χ1n) is 7.28. The van der Waals surface area contributed by atoms with Crippen LogP contribution >= 0.6 is 15.9 Å². The normalized spacial score (nSPS) is 12.9. The highest BCUT2D eigenvalue weighted by atomic mass is 79.9. The van der Waals surface area contributed by atoms with Crippen LogP contribution in [0, 0.1) is 0 Å². The summed E-state index contributed by atoms with van der Waals surface area (Å²) in [4.78, 5) is 4.99. The first kappa shape index (κ1) is 14.6. The van der Waals surface area contributed by atoms with E-state index in [4.69, 9.17) is 4.42 Å². The van der Waals surface area contributed by atoms with E-state index in [0.29, 0.717) is 4.83 Å². The van der Waals surface area contributed by atoms with Crippen LogP contribution in [-0.2, 0) is 6.42 Å². The number of alkyl halides is 1. The van der Waals surface area contributed by atoms with Gasteiger partial charge in [-0.1, -0.05) is 67.1 Å². The molecular weight excluding hydrogens is 302 g/mol. The average molecular weight is 324 g/mol. The summed E-state index contributed by atoms with van der Waals surface area (Å²) >= 11 is 3.74. The Morgan fingerprint density at radius 3 is 2.74 bits per heavy atom. The second-order valence-corrected chi connectivity index (χ2v) is 6.37. The number of fused-ring (bicyclic) bond motifs is 1. The fraction of sp³-hybridized carbons (Fsp3) is 0.562. The zero-order chi connectivity index (χ0) is 13.5. The number of unbranched alkanes of at least 4 members (excludes halogenated alkanes) is 4. The van der Waals surface area contributed by atoms with E-state index in [1.54, 1.807) is 0 Å². The molecular formula is C16H22BrNO. The third-order valence-electron chi connectivity index (χ3n) is 3.36. The van der Waals surface area contributed by atoms with Crippen LogP contribution in [0.15, 0.2) is 28.7 Å². The van der Waals surface area contributed by atoms with Crippen molar-refractivity contribution in [3.05, 3.63) is 30.2 Å². The third-order valence-corrected chi connectivity index (χ3v) is 4.14. The Kier molecular flexibility index (Phi) is 5.90. The summed E-state index contributed by atoms with van der Waals surface area (Å²) in [5, 5.41) is 0. The lowest BCUT2D eigenvalue weighted by molar-refractivity contribution is 0.511. The zero-order valence-electron chi connectivity index (χ0n) is 11.6. The van der Waals surface area contributed by atoms with Gasteiger partial charge in [0.1, 0.15) is 5.52 Å². The summed E-state index contributed by atoms with van der Waals surface area (Å²) in [7, 11) is 0. The van der Waals surface area contributed by atoms with Crippen molar-refractivity contribution in [2.75, 3.05) is 0 Å². The van der Waals surface area contributed by atoms with Crippen LogP contribution in [0.2, 0.25) is 0 Å². The molecule has 0 spiro atoms. The maximum absolute atomic E-state index is 5.74. The number of aromatic nitrogens is 1. The van der Waals surface area contributed by atoms with Gasteiger partial charge < -0.3 is 4.42 Å². The minimum Gasteiger partial charge on any atom is -0.441 e. The third kappa shape index (κ3) is 4.64. The van der Waals surface area contributed by atoms with Crippen LogP contribution in [0.25, 0.3) is 11.1 Å². The number of halogens is 1. The lowest BCUT2D eigenvalue weighted by Crippen LogP contribution is -2.02. The van der Waals surface area contributed by atoms with Gasteiger partial charge in [0, 0.05) is 11.2 Å². The Morgan fingerprint density at radius 1 is 1.16 bits per heavy atom. The molecule has 0 aliphatic heterocycles. The summed E-state index contributed by atoms with van der Waals surface area (Å²) in [6.07, 6.45) is 8.72. The van der Waals surface area contributed by atoms with Crippen molar-refractivity contribution in [1.82, 2.24) is 4.98 Å². The molecule has 0 radical (unpaired) electrons. The molecule has 0 amide bonds. The van der Waals surface area contributed by atoms with E-state index in [1.807, 2.05) is 24.3 Å². The summed E-state index contributed by atoms with van der Waals surface area (Å²) in [5.74, 6) is 0.844. The molecule has 19 heavy (non-hydrogen) atoms. The first-order chi connectivity index (χ1) is 9.29. The van der Waals surface area contributed by atoms with E-state index in [-0.39, 0.29) is 0 Å². The second-order valence-electron chi connectivity index (χ2n) is 5.08. The maximum atomic E-state index is 5.74. The van der Waals surface area contributed by atoms with Gasteiger partial charge in [0.05, 0.1) is 0 Å². The van der Waals surface area contributed by atoms with Crippen molar-refractivity contribution in [2.45, 2.75) is 56.7 Å². The van der Waals surface area contributed by atoms with Crippen molar-refractivity contribution in [3.8, 4) is 0 Å². The van der Waals surface area contributed by atoms with Crippen molar-refractivity contribution >= 4 is 27.0 Å². The van der Waals surface area contributed by atoms with Gasteiger partial charge in [-0.05, 0) is 18.6 Å². The molecule has 1 aromatic carbocycles. The van der Waals surface area contributed by atoms with Gasteiger partial charge in [0.2, 0.25) is 0 Å². The Bertz CT molecular complexity index is 461. The lowest BCUT2D eigenvalue weighted by Gasteiger charge is -2.06. The standard InChI is InChI=1S/C16H22BrNO/c1-2-3-4-5-6-9-13(17)12-16-18-14-10-7-8-11-15(14)19-16/h7-8,10-11,13H,2-6,9,12H2,1H3. The highest BCUT2D eigenvalue weighted by molar-refractivity contribution is 9.09. The molecule has 1 unspecified atom stereocenters. The zero-order valence-corrected chi connectivity index (χ0v) is 13.2. The van der Waals surface area contributed by atoms with Gasteiger partial charge in [-0.15, -0.1) is 0 Å². The lowest BCUT2D eigenvalue weighted by atomic mass is 10.1. The molecule has 0 bridgehead atoms. The molecule has 2 rings (SSSR count). The summed E-state index contributed by atoms with van der Waals surface area (Å²) in [6, 6.07) is 7.95. The van der Waals surface area contributed by atoms with Crippen LogP contribution < -0.4 is 0 Å². The Labute approximate surface area is 123 Å². The average Bonchev–Trinajstić information content (AvgIpc) is 2.80. The summed E-state index contributed by atoms with van der Waals surface area (Å²) in [5.41, 5.74) is 1.85. The topological polar surface area (TPSA) is 26.0 Å². The molecule has 1 aromatic heterocycles. The second kappa shape index (κ2) is 7.68. The molecule has 104 valence electrons. The van der Waals surface area contributed by atoms with E-state index in [9.17, 15) is 0 Å². The number of hydrogen-bond acceptors (Lipinski definition) is 2. The highest BCUT2D eigenvalue weighted by Gasteiger charge is 2.11. The van der Waals surface area contributed by atoms with Crippen molar-refractivity contribution < 1.29 is 4.42 Å². The molecule has 3 heteroatoms.